The third-order valence-corrected chi connectivity index (χ3v) is 5.23. The van der Waals surface area contributed by atoms with E-state index in [-0.39, 0.29) is 18.0 Å². The molecule has 5 nitrogen and oxygen atoms in total. The summed E-state index contributed by atoms with van der Waals surface area (Å²) in [6.07, 6.45) is 2.57. The Kier molecular flexibility index (Phi) is 4.61. The van der Waals surface area contributed by atoms with Crippen LogP contribution >= 0.6 is 0 Å². The van der Waals surface area contributed by atoms with Gasteiger partial charge in [0.1, 0.15) is 0 Å². The van der Waals surface area contributed by atoms with E-state index in [0.717, 1.165) is 37.2 Å². The largest absolute Gasteiger partial charge is 0.334 e. The van der Waals surface area contributed by atoms with Crippen molar-refractivity contribution < 1.29 is 9.59 Å². The monoisotopic (exact) mass is 349 g/mol. The predicted octanol–water partition coefficient (Wildman–Crippen LogP) is 3.47. The highest BCUT2D eigenvalue weighted by atomic mass is 16.2. The van der Waals surface area contributed by atoms with E-state index in [0.29, 0.717) is 13.0 Å². The lowest BCUT2D eigenvalue weighted by Crippen LogP contribution is -2.49. The van der Waals surface area contributed by atoms with Gasteiger partial charge in [-0.25, -0.2) is 4.79 Å². The standard InChI is InChI=1S/C21H23N3O2/c25-20-7-4-13-23(20)18-10-8-16(9-11-18)15-22-21(26)24-14-12-19(24)17-5-2-1-3-6-17/h1-3,5-6,8-11,19H,4,7,12-15H2,(H,22,26). The molecule has 0 saturated carbocycles. The molecule has 26 heavy (non-hydrogen) atoms. The van der Waals surface area contributed by atoms with Crippen molar-refractivity contribution in [2.75, 3.05) is 18.0 Å². The van der Waals surface area contributed by atoms with Crippen LogP contribution in [0.15, 0.2) is 54.6 Å². The van der Waals surface area contributed by atoms with Crippen LogP contribution in [0.5, 0.6) is 0 Å². The molecular formula is C21H23N3O2. The molecule has 2 heterocycles. The minimum Gasteiger partial charge on any atom is -0.334 e. The van der Waals surface area contributed by atoms with Gasteiger partial charge >= 0.3 is 6.03 Å². The topological polar surface area (TPSA) is 52.7 Å². The maximum Gasteiger partial charge on any atom is 0.318 e. The molecule has 2 saturated heterocycles. The van der Waals surface area contributed by atoms with Crippen LogP contribution < -0.4 is 10.2 Å². The Morgan fingerprint density at radius 3 is 2.42 bits per heavy atom. The van der Waals surface area contributed by atoms with Gasteiger partial charge in [-0.15, -0.1) is 0 Å². The van der Waals surface area contributed by atoms with Crippen molar-refractivity contribution in [1.82, 2.24) is 10.2 Å². The van der Waals surface area contributed by atoms with Crippen molar-refractivity contribution in [1.29, 1.82) is 0 Å². The van der Waals surface area contributed by atoms with Crippen LogP contribution in [-0.4, -0.2) is 29.9 Å². The van der Waals surface area contributed by atoms with E-state index in [1.807, 2.05) is 52.3 Å². The average molecular weight is 349 g/mol. The highest BCUT2D eigenvalue weighted by Crippen LogP contribution is 2.32. The number of likely N-dealkylation sites (tertiary alicyclic amines) is 1. The van der Waals surface area contributed by atoms with Gasteiger partial charge in [0.25, 0.3) is 0 Å². The normalized spacial score (nSPS) is 19.4. The van der Waals surface area contributed by atoms with Crippen molar-refractivity contribution in [3.63, 3.8) is 0 Å². The first kappa shape index (κ1) is 16.6. The third kappa shape index (κ3) is 3.29. The van der Waals surface area contributed by atoms with Crippen molar-refractivity contribution in [3.05, 3.63) is 65.7 Å². The number of benzene rings is 2. The number of hydrogen-bond donors (Lipinski definition) is 1. The smallest absolute Gasteiger partial charge is 0.318 e. The van der Waals surface area contributed by atoms with E-state index in [2.05, 4.69) is 17.4 Å². The van der Waals surface area contributed by atoms with E-state index in [1.54, 1.807) is 0 Å². The third-order valence-electron chi connectivity index (χ3n) is 5.23. The second-order valence-corrected chi connectivity index (χ2v) is 6.88. The van der Waals surface area contributed by atoms with Gasteiger partial charge in [-0.05, 0) is 36.1 Å². The summed E-state index contributed by atoms with van der Waals surface area (Å²) in [5.74, 6) is 0.191. The minimum atomic E-state index is -0.0242. The summed E-state index contributed by atoms with van der Waals surface area (Å²) in [5.41, 5.74) is 3.16. The van der Waals surface area contributed by atoms with Crippen LogP contribution in [0.3, 0.4) is 0 Å². The number of rotatable bonds is 4. The molecule has 2 aliphatic heterocycles. The SMILES string of the molecule is O=C1CCCN1c1ccc(CNC(=O)N2CCC2c2ccccc2)cc1. The second kappa shape index (κ2) is 7.20. The molecule has 4 rings (SSSR count). The first-order valence-corrected chi connectivity index (χ1v) is 9.21. The van der Waals surface area contributed by atoms with Gasteiger partial charge in [-0.3, -0.25) is 4.79 Å². The van der Waals surface area contributed by atoms with Gasteiger partial charge in [0.2, 0.25) is 5.91 Å². The number of carbonyl (C=O) groups is 2. The zero-order chi connectivity index (χ0) is 17.9. The molecule has 1 N–H and O–H groups in total. The molecule has 0 aliphatic carbocycles. The number of hydrogen-bond acceptors (Lipinski definition) is 2. The number of amides is 3. The fourth-order valence-corrected chi connectivity index (χ4v) is 3.65. The highest BCUT2D eigenvalue weighted by molar-refractivity contribution is 5.95. The molecule has 134 valence electrons. The highest BCUT2D eigenvalue weighted by Gasteiger charge is 2.33. The van der Waals surface area contributed by atoms with Crippen molar-refractivity contribution in [2.24, 2.45) is 0 Å². The lowest BCUT2D eigenvalue weighted by atomic mass is 9.95. The summed E-state index contributed by atoms with van der Waals surface area (Å²) in [4.78, 5) is 28.0. The molecule has 2 aromatic carbocycles. The number of urea groups is 1. The quantitative estimate of drug-likeness (QED) is 0.919. The first-order valence-electron chi connectivity index (χ1n) is 9.21. The van der Waals surface area contributed by atoms with Crippen molar-refractivity contribution >= 4 is 17.6 Å². The van der Waals surface area contributed by atoms with E-state index < -0.39 is 0 Å². The van der Waals surface area contributed by atoms with Gasteiger partial charge in [0, 0.05) is 31.7 Å². The number of nitrogens with one attached hydrogen (secondary N) is 1. The van der Waals surface area contributed by atoms with E-state index in [9.17, 15) is 9.59 Å². The van der Waals surface area contributed by atoms with Gasteiger partial charge < -0.3 is 15.1 Å². The van der Waals surface area contributed by atoms with Gasteiger partial charge in [-0.1, -0.05) is 42.5 Å². The minimum absolute atomic E-state index is 0.0242. The first-order chi connectivity index (χ1) is 12.7. The molecule has 0 aromatic heterocycles. The summed E-state index contributed by atoms with van der Waals surface area (Å²) in [5, 5.41) is 3.00. The maximum atomic E-state index is 12.5. The zero-order valence-electron chi connectivity index (χ0n) is 14.7. The van der Waals surface area contributed by atoms with Crippen molar-refractivity contribution in [3.8, 4) is 0 Å². The van der Waals surface area contributed by atoms with Crippen LogP contribution in [0.2, 0.25) is 0 Å². The van der Waals surface area contributed by atoms with Crippen molar-refractivity contribution in [2.45, 2.75) is 31.8 Å². The molecule has 1 unspecified atom stereocenters. The second-order valence-electron chi connectivity index (χ2n) is 6.88. The average Bonchev–Trinajstić information content (AvgIpc) is 3.06. The summed E-state index contributed by atoms with van der Waals surface area (Å²) < 4.78 is 0. The predicted molar refractivity (Wildman–Crippen MR) is 101 cm³/mol. The number of anilines is 1. The van der Waals surface area contributed by atoms with Crippen LogP contribution in [0, 0.1) is 0 Å². The van der Waals surface area contributed by atoms with Crippen LogP contribution in [-0.2, 0) is 11.3 Å². The Morgan fingerprint density at radius 2 is 1.81 bits per heavy atom. The molecule has 2 aliphatic rings. The zero-order valence-corrected chi connectivity index (χ0v) is 14.7. The maximum absolute atomic E-state index is 12.5. The Morgan fingerprint density at radius 1 is 1.04 bits per heavy atom. The number of nitrogens with zero attached hydrogens (tertiary/aromatic N) is 2. The summed E-state index contributed by atoms with van der Waals surface area (Å²) in [7, 11) is 0. The Labute approximate surface area is 153 Å². The molecule has 0 radical (unpaired) electrons. The fourth-order valence-electron chi connectivity index (χ4n) is 3.65. The van der Waals surface area contributed by atoms with Crippen LogP contribution in [0.1, 0.15) is 36.4 Å². The Bertz CT molecular complexity index is 789. The van der Waals surface area contributed by atoms with Gasteiger partial charge in [-0.2, -0.15) is 0 Å². The van der Waals surface area contributed by atoms with Crippen LogP contribution in [0.25, 0.3) is 0 Å². The summed E-state index contributed by atoms with van der Waals surface area (Å²) in [6.45, 7) is 2.08. The summed E-state index contributed by atoms with van der Waals surface area (Å²) in [6, 6.07) is 18.2. The Hall–Kier alpha value is -2.82. The molecule has 2 aromatic rings. The summed E-state index contributed by atoms with van der Waals surface area (Å²) >= 11 is 0. The van der Waals surface area contributed by atoms with Gasteiger partial charge in [0.15, 0.2) is 0 Å². The molecule has 1 atom stereocenters. The fraction of sp³-hybridized carbons (Fsp3) is 0.333. The molecule has 2 fully saturated rings. The molecule has 5 heteroatoms. The molecular weight excluding hydrogens is 326 g/mol. The molecule has 3 amide bonds. The van der Waals surface area contributed by atoms with E-state index >= 15 is 0 Å². The van der Waals surface area contributed by atoms with Gasteiger partial charge in [0.05, 0.1) is 6.04 Å². The van der Waals surface area contributed by atoms with E-state index in [4.69, 9.17) is 0 Å². The molecule has 0 bridgehead atoms. The lowest BCUT2D eigenvalue weighted by molar-refractivity contribution is -0.117. The lowest BCUT2D eigenvalue weighted by Gasteiger charge is -2.41. The van der Waals surface area contributed by atoms with Crippen LogP contribution in [0.4, 0.5) is 10.5 Å². The number of carbonyl (C=O) groups excluding carboxylic acids is 2. The molecule has 0 spiro atoms. The Balaban J connectivity index is 1.32. The van der Waals surface area contributed by atoms with E-state index in [1.165, 1.54) is 5.56 Å².